The molecule has 0 bridgehead atoms. The Morgan fingerprint density at radius 1 is 1.28 bits per heavy atom. The molecule has 18 heavy (non-hydrogen) atoms. The molecule has 0 aromatic carbocycles. The summed E-state index contributed by atoms with van der Waals surface area (Å²) in [5.74, 6) is 0.735. The maximum Gasteiger partial charge on any atom is 0.404 e. The SMILES string of the molecule is NC(=O)OCCNC1CCCC1C1CCCCN1. The normalized spacial score (nSPS) is 32.3. The van der Waals surface area contributed by atoms with Gasteiger partial charge in [0.2, 0.25) is 0 Å². The van der Waals surface area contributed by atoms with Crippen molar-refractivity contribution in [2.75, 3.05) is 19.7 Å². The van der Waals surface area contributed by atoms with E-state index in [2.05, 4.69) is 10.6 Å². The predicted molar refractivity (Wildman–Crippen MR) is 70.3 cm³/mol. The molecule has 2 fully saturated rings. The van der Waals surface area contributed by atoms with Crippen molar-refractivity contribution in [1.82, 2.24) is 10.6 Å². The summed E-state index contributed by atoms with van der Waals surface area (Å²) < 4.78 is 4.74. The molecule has 2 rings (SSSR count). The summed E-state index contributed by atoms with van der Waals surface area (Å²) in [6.07, 6.45) is 7.14. The molecule has 5 heteroatoms. The summed E-state index contributed by atoms with van der Waals surface area (Å²) in [7, 11) is 0. The maximum atomic E-state index is 10.5. The number of hydrogen-bond acceptors (Lipinski definition) is 4. The van der Waals surface area contributed by atoms with Crippen LogP contribution in [0.1, 0.15) is 38.5 Å². The maximum absolute atomic E-state index is 10.5. The quantitative estimate of drug-likeness (QED) is 0.640. The summed E-state index contributed by atoms with van der Waals surface area (Å²) in [5.41, 5.74) is 4.93. The van der Waals surface area contributed by atoms with Crippen molar-refractivity contribution in [2.24, 2.45) is 11.7 Å². The van der Waals surface area contributed by atoms with E-state index in [1.807, 2.05) is 0 Å². The highest BCUT2D eigenvalue weighted by molar-refractivity contribution is 5.64. The number of carbonyl (C=O) groups excluding carboxylic acids is 1. The van der Waals surface area contributed by atoms with Crippen molar-refractivity contribution < 1.29 is 9.53 Å². The van der Waals surface area contributed by atoms with Crippen LogP contribution in [-0.4, -0.2) is 37.9 Å². The smallest absolute Gasteiger partial charge is 0.404 e. The predicted octanol–water partition coefficient (Wildman–Crippen LogP) is 0.982. The minimum absolute atomic E-state index is 0.372. The molecule has 1 amide bonds. The first-order valence-electron chi connectivity index (χ1n) is 7.16. The Bertz CT molecular complexity index is 267. The zero-order valence-electron chi connectivity index (χ0n) is 11.0. The van der Waals surface area contributed by atoms with E-state index in [-0.39, 0.29) is 0 Å². The zero-order valence-corrected chi connectivity index (χ0v) is 11.0. The number of nitrogens with one attached hydrogen (secondary N) is 2. The topological polar surface area (TPSA) is 76.4 Å². The monoisotopic (exact) mass is 255 g/mol. The number of carbonyl (C=O) groups is 1. The number of primary amides is 1. The fraction of sp³-hybridized carbons (Fsp3) is 0.923. The van der Waals surface area contributed by atoms with Crippen LogP contribution in [0, 0.1) is 5.92 Å². The Kier molecular flexibility index (Phi) is 5.26. The van der Waals surface area contributed by atoms with Gasteiger partial charge in [0.15, 0.2) is 0 Å². The van der Waals surface area contributed by atoms with E-state index < -0.39 is 6.09 Å². The first-order valence-corrected chi connectivity index (χ1v) is 7.16. The van der Waals surface area contributed by atoms with Crippen molar-refractivity contribution in [1.29, 1.82) is 0 Å². The van der Waals surface area contributed by atoms with Crippen LogP contribution in [0.3, 0.4) is 0 Å². The number of ether oxygens (including phenoxy) is 1. The molecule has 104 valence electrons. The molecule has 1 saturated carbocycles. The van der Waals surface area contributed by atoms with Crippen LogP contribution in [0.4, 0.5) is 4.79 Å². The number of rotatable bonds is 5. The highest BCUT2D eigenvalue weighted by atomic mass is 16.5. The lowest BCUT2D eigenvalue weighted by Gasteiger charge is -2.33. The highest BCUT2D eigenvalue weighted by Crippen LogP contribution is 2.31. The molecule has 2 aliphatic rings. The second-order valence-corrected chi connectivity index (χ2v) is 5.38. The van der Waals surface area contributed by atoms with Gasteiger partial charge in [0.25, 0.3) is 0 Å². The molecule has 5 nitrogen and oxygen atoms in total. The van der Waals surface area contributed by atoms with Crippen LogP contribution < -0.4 is 16.4 Å². The van der Waals surface area contributed by atoms with Gasteiger partial charge < -0.3 is 21.1 Å². The highest BCUT2D eigenvalue weighted by Gasteiger charge is 2.33. The molecule has 0 aromatic heterocycles. The standard InChI is InChI=1S/C13H25N3O2/c14-13(17)18-9-8-16-12-6-3-4-10(12)11-5-1-2-7-15-11/h10-12,15-16H,1-9H2,(H2,14,17). The minimum atomic E-state index is -0.686. The first-order chi connectivity index (χ1) is 8.77. The molecule has 3 unspecified atom stereocenters. The third kappa shape index (κ3) is 3.85. The average Bonchev–Trinajstić information content (AvgIpc) is 2.84. The molecule has 0 radical (unpaired) electrons. The summed E-state index contributed by atoms with van der Waals surface area (Å²) in [6, 6.07) is 1.24. The van der Waals surface area contributed by atoms with E-state index in [0.717, 1.165) is 5.92 Å². The van der Waals surface area contributed by atoms with Gasteiger partial charge in [0, 0.05) is 18.6 Å². The number of amides is 1. The second-order valence-electron chi connectivity index (χ2n) is 5.38. The fourth-order valence-corrected chi connectivity index (χ4v) is 3.36. The van der Waals surface area contributed by atoms with Gasteiger partial charge in [-0.2, -0.15) is 0 Å². The lowest BCUT2D eigenvalue weighted by Crippen LogP contribution is -2.47. The van der Waals surface area contributed by atoms with Gasteiger partial charge in [-0.05, 0) is 38.1 Å². The van der Waals surface area contributed by atoms with Gasteiger partial charge in [-0.25, -0.2) is 4.79 Å². The van der Waals surface area contributed by atoms with Crippen LogP contribution >= 0.6 is 0 Å². The Morgan fingerprint density at radius 3 is 2.89 bits per heavy atom. The average molecular weight is 255 g/mol. The van der Waals surface area contributed by atoms with E-state index in [1.165, 1.54) is 45.1 Å². The summed E-state index contributed by atoms with van der Waals surface area (Å²) in [5, 5.41) is 7.17. The Morgan fingerprint density at radius 2 is 2.17 bits per heavy atom. The molecule has 0 spiro atoms. The van der Waals surface area contributed by atoms with Crippen LogP contribution in [0.2, 0.25) is 0 Å². The van der Waals surface area contributed by atoms with Gasteiger partial charge in [-0.15, -0.1) is 0 Å². The summed E-state index contributed by atoms with van der Waals surface area (Å²) in [6.45, 7) is 2.24. The van der Waals surface area contributed by atoms with Crippen molar-refractivity contribution in [3.63, 3.8) is 0 Å². The van der Waals surface area contributed by atoms with Crippen LogP contribution in [0.25, 0.3) is 0 Å². The lowest BCUT2D eigenvalue weighted by molar-refractivity contribution is 0.153. The van der Waals surface area contributed by atoms with Crippen LogP contribution in [-0.2, 0) is 4.74 Å². The van der Waals surface area contributed by atoms with E-state index >= 15 is 0 Å². The number of hydrogen-bond donors (Lipinski definition) is 3. The third-order valence-corrected chi connectivity index (χ3v) is 4.19. The van der Waals surface area contributed by atoms with Gasteiger partial charge in [-0.1, -0.05) is 12.8 Å². The summed E-state index contributed by atoms with van der Waals surface area (Å²) in [4.78, 5) is 10.5. The molecule has 0 aromatic rings. The van der Waals surface area contributed by atoms with E-state index in [9.17, 15) is 4.79 Å². The van der Waals surface area contributed by atoms with E-state index in [1.54, 1.807) is 0 Å². The molecule has 1 heterocycles. The Hall–Kier alpha value is -0.810. The fourth-order valence-electron chi connectivity index (χ4n) is 3.36. The van der Waals surface area contributed by atoms with Crippen molar-refractivity contribution >= 4 is 6.09 Å². The molecule has 1 saturated heterocycles. The number of piperidine rings is 1. The van der Waals surface area contributed by atoms with Gasteiger partial charge in [0.05, 0.1) is 0 Å². The largest absolute Gasteiger partial charge is 0.448 e. The first kappa shape index (κ1) is 13.6. The van der Waals surface area contributed by atoms with Gasteiger partial charge >= 0.3 is 6.09 Å². The lowest BCUT2D eigenvalue weighted by atomic mass is 9.88. The van der Waals surface area contributed by atoms with Gasteiger partial charge in [0.1, 0.15) is 6.61 Å². The molecule has 1 aliphatic heterocycles. The third-order valence-electron chi connectivity index (χ3n) is 4.19. The van der Waals surface area contributed by atoms with E-state index in [0.29, 0.717) is 25.2 Å². The molecule has 3 atom stereocenters. The molecule has 4 N–H and O–H groups in total. The van der Waals surface area contributed by atoms with E-state index in [4.69, 9.17) is 10.5 Å². The van der Waals surface area contributed by atoms with Gasteiger partial charge in [-0.3, -0.25) is 0 Å². The molecule has 1 aliphatic carbocycles. The second kappa shape index (κ2) is 6.95. The number of nitrogens with two attached hydrogens (primary N) is 1. The van der Waals surface area contributed by atoms with Crippen molar-refractivity contribution in [2.45, 2.75) is 50.6 Å². The van der Waals surface area contributed by atoms with Crippen LogP contribution in [0.15, 0.2) is 0 Å². The molecular formula is C13H25N3O2. The van der Waals surface area contributed by atoms with Crippen molar-refractivity contribution in [3.05, 3.63) is 0 Å². The minimum Gasteiger partial charge on any atom is -0.448 e. The molecular weight excluding hydrogens is 230 g/mol. The van der Waals surface area contributed by atoms with Crippen molar-refractivity contribution in [3.8, 4) is 0 Å². The Balaban J connectivity index is 1.71. The summed E-state index contributed by atoms with van der Waals surface area (Å²) >= 11 is 0. The van der Waals surface area contributed by atoms with Crippen LogP contribution in [0.5, 0.6) is 0 Å². The Labute approximate surface area is 109 Å². The zero-order chi connectivity index (χ0) is 12.8.